The number of ether oxygens (including phenoxy) is 1. The number of hydrogen-bond acceptors (Lipinski definition) is 4. The number of amides is 1. The van der Waals surface area contributed by atoms with Crippen LogP contribution < -0.4 is 11.1 Å². The molecule has 2 unspecified atom stereocenters. The minimum Gasteiger partial charge on any atom is -0.376 e. The van der Waals surface area contributed by atoms with Gasteiger partial charge in [0.1, 0.15) is 0 Å². The number of morpholine rings is 1. The van der Waals surface area contributed by atoms with E-state index in [9.17, 15) is 4.79 Å². The van der Waals surface area contributed by atoms with E-state index < -0.39 is 5.54 Å². The lowest BCUT2D eigenvalue weighted by Gasteiger charge is -2.35. The number of carbonyl (C=O) groups is 1. The third-order valence-corrected chi connectivity index (χ3v) is 3.92. The zero-order chi connectivity index (χ0) is 14.3. The molecule has 1 rings (SSSR count). The molecule has 0 radical (unpaired) electrons. The van der Waals surface area contributed by atoms with Crippen LogP contribution in [-0.2, 0) is 9.53 Å². The van der Waals surface area contributed by atoms with Gasteiger partial charge in [-0.15, -0.1) is 0 Å². The molecular weight excluding hydrogens is 242 g/mol. The lowest BCUT2D eigenvalue weighted by atomic mass is 9.96. The van der Waals surface area contributed by atoms with Gasteiger partial charge in [0.25, 0.3) is 0 Å². The third-order valence-electron chi connectivity index (χ3n) is 3.92. The minimum atomic E-state index is -0.601. The molecule has 1 aliphatic heterocycles. The zero-order valence-electron chi connectivity index (χ0n) is 12.6. The van der Waals surface area contributed by atoms with Gasteiger partial charge in [-0.2, -0.15) is 0 Å². The van der Waals surface area contributed by atoms with Crippen LogP contribution >= 0.6 is 0 Å². The summed E-state index contributed by atoms with van der Waals surface area (Å²) in [5.41, 5.74) is 4.94. The van der Waals surface area contributed by atoms with Gasteiger partial charge < -0.3 is 15.8 Å². The average molecular weight is 271 g/mol. The SMILES string of the molecule is CCCNC(C)(CCN1CCOC(CC)C1)C(N)=O. The van der Waals surface area contributed by atoms with Gasteiger partial charge >= 0.3 is 0 Å². The fourth-order valence-electron chi connectivity index (χ4n) is 2.31. The highest BCUT2D eigenvalue weighted by Gasteiger charge is 2.31. The molecule has 1 heterocycles. The van der Waals surface area contributed by atoms with Gasteiger partial charge in [-0.05, 0) is 32.7 Å². The van der Waals surface area contributed by atoms with Gasteiger partial charge in [-0.1, -0.05) is 13.8 Å². The molecule has 0 spiro atoms. The fourth-order valence-corrected chi connectivity index (χ4v) is 2.31. The molecule has 0 aromatic carbocycles. The normalized spacial score (nSPS) is 24.1. The van der Waals surface area contributed by atoms with Gasteiger partial charge in [0.2, 0.25) is 5.91 Å². The number of nitrogens with zero attached hydrogens (tertiary/aromatic N) is 1. The van der Waals surface area contributed by atoms with Crippen LogP contribution in [0.4, 0.5) is 0 Å². The van der Waals surface area contributed by atoms with E-state index in [4.69, 9.17) is 10.5 Å². The Morgan fingerprint density at radius 2 is 2.26 bits per heavy atom. The molecule has 0 saturated carbocycles. The molecule has 1 aliphatic rings. The van der Waals surface area contributed by atoms with Crippen LogP contribution in [0.15, 0.2) is 0 Å². The highest BCUT2D eigenvalue weighted by Crippen LogP contribution is 2.14. The standard InChI is InChI=1S/C14H29N3O2/c1-4-7-16-14(3,13(15)18)6-8-17-9-10-19-12(5-2)11-17/h12,16H,4-11H2,1-3H3,(H2,15,18). The highest BCUT2D eigenvalue weighted by atomic mass is 16.5. The zero-order valence-corrected chi connectivity index (χ0v) is 12.6. The van der Waals surface area contributed by atoms with Crippen LogP contribution in [0.2, 0.25) is 0 Å². The maximum atomic E-state index is 11.6. The molecule has 1 amide bonds. The molecule has 0 aromatic rings. The lowest BCUT2D eigenvalue weighted by Crippen LogP contribution is -2.55. The first-order valence-corrected chi connectivity index (χ1v) is 7.40. The Kier molecular flexibility index (Phi) is 6.75. The Morgan fingerprint density at radius 1 is 1.53 bits per heavy atom. The van der Waals surface area contributed by atoms with Crippen molar-refractivity contribution in [2.75, 3.05) is 32.8 Å². The second kappa shape index (κ2) is 7.82. The summed E-state index contributed by atoms with van der Waals surface area (Å²) in [4.78, 5) is 14.0. The predicted molar refractivity (Wildman–Crippen MR) is 77.0 cm³/mol. The molecule has 0 bridgehead atoms. The Balaban J connectivity index is 2.44. The van der Waals surface area contributed by atoms with Crippen LogP contribution in [0.3, 0.4) is 0 Å². The summed E-state index contributed by atoms with van der Waals surface area (Å²) in [6.45, 7) is 10.5. The molecule has 1 fully saturated rings. The smallest absolute Gasteiger partial charge is 0.237 e. The molecule has 1 saturated heterocycles. The Labute approximate surface area is 116 Å². The van der Waals surface area contributed by atoms with Crippen molar-refractivity contribution in [1.29, 1.82) is 0 Å². The molecule has 3 N–H and O–H groups in total. The van der Waals surface area contributed by atoms with Crippen molar-refractivity contribution in [2.24, 2.45) is 5.73 Å². The maximum absolute atomic E-state index is 11.6. The monoisotopic (exact) mass is 271 g/mol. The first kappa shape index (κ1) is 16.4. The van der Waals surface area contributed by atoms with Crippen molar-refractivity contribution in [1.82, 2.24) is 10.2 Å². The highest BCUT2D eigenvalue weighted by molar-refractivity contribution is 5.84. The Hall–Kier alpha value is -0.650. The number of primary amides is 1. The summed E-state index contributed by atoms with van der Waals surface area (Å²) in [6.07, 6.45) is 3.12. The summed E-state index contributed by atoms with van der Waals surface area (Å²) >= 11 is 0. The van der Waals surface area contributed by atoms with E-state index in [1.165, 1.54) is 0 Å². The summed E-state index contributed by atoms with van der Waals surface area (Å²) in [7, 11) is 0. The van der Waals surface area contributed by atoms with Crippen molar-refractivity contribution in [2.45, 2.75) is 51.7 Å². The first-order chi connectivity index (χ1) is 9.01. The summed E-state index contributed by atoms with van der Waals surface area (Å²) in [5.74, 6) is -0.263. The largest absolute Gasteiger partial charge is 0.376 e. The van der Waals surface area contributed by atoms with Crippen LogP contribution in [0.5, 0.6) is 0 Å². The van der Waals surface area contributed by atoms with Crippen LogP contribution in [0.25, 0.3) is 0 Å². The Morgan fingerprint density at radius 3 is 2.84 bits per heavy atom. The van der Waals surface area contributed by atoms with Gasteiger partial charge in [0, 0.05) is 19.6 Å². The molecule has 5 nitrogen and oxygen atoms in total. The van der Waals surface area contributed by atoms with Crippen molar-refractivity contribution in [3.8, 4) is 0 Å². The van der Waals surface area contributed by atoms with Crippen molar-refractivity contribution in [3.05, 3.63) is 0 Å². The van der Waals surface area contributed by atoms with Gasteiger partial charge in [0.05, 0.1) is 18.2 Å². The fraction of sp³-hybridized carbons (Fsp3) is 0.929. The van der Waals surface area contributed by atoms with E-state index >= 15 is 0 Å². The molecular formula is C14H29N3O2. The second-order valence-corrected chi connectivity index (χ2v) is 5.57. The number of hydrogen-bond donors (Lipinski definition) is 2. The first-order valence-electron chi connectivity index (χ1n) is 7.40. The van der Waals surface area contributed by atoms with E-state index in [-0.39, 0.29) is 5.91 Å². The van der Waals surface area contributed by atoms with Gasteiger partial charge in [-0.3, -0.25) is 9.69 Å². The molecule has 112 valence electrons. The average Bonchev–Trinajstić information content (AvgIpc) is 2.43. The quantitative estimate of drug-likeness (QED) is 0.683. The summed E-state index contributed by atoms with van der Waals surface area (Å²) in [6, 6.07) is 0. The second-order valence-electron chi connectivity index (χ2n) is 5.57. The van der Waals surface area contributed by atoms with E-state index in [2.05, 4.69) is 24.1 Å². The van der Waals surface area contributed by atoms with E-state index in [0.29, 0.717) is 6.10 Å². The number of carbonyl (C=O) groups excluding carboxylic acids is 1. The number of nitrogens with two attached hydrogens (primary N) is 1. The topological polar surface area (TPSA) is 67.6 Å². The van der Waals surface area contributed by atoms with E-state index in [1.807, 2.05) is 6.92 Å². The number of rotatable bonds is 8. The molecule has 2 atom stereocenters. The Bertz CT molecular complexity index is 286. The molecule has 0 aliphatic carbocycles. The van der Waals surface area contributed by atoms with Crippen molar-refractivity contribution in [3.63, 3.8) is 0 Å². The van der Waals surface area contributed by atoms with Crippen molar-refractivity contribution >= 4 is 5.91 Å². The van der Waals surface area contributed by atoms with Gasteiger partial charge in [-0.25, -0.2) is 0 Å². The van der Waals surface area contributed by atoms with E-state index in [0.717, 1.165) is 52.0 Å². The maximum Gasteiger partial charge on any atom is 0.237 e. The lowest BCUT2D eigenvalue weighted by molar-refractivity contribution is -0.124. The molecule has 0 aromatic heterocycles. The van der Waals surface area contributed by atoms with Gasteiger partial charge in [0.15, 0.2) is 0 Å². The van der Waals surface area contributed by atoms with Crippen LogP contribution in [0, 0.1) is 0 Å². The summed E-state index contributed by atoms with van der Waals surface area (Å²) in [5, 5.41) is 3.28. The van der Waals surface area contributed by atoms with Crippen LogP contribution in [-0.4, -0.2) is 55.2 Å². The molecule has 19 heavy (non-hydrogen) atoms. The van der Waals surface area contributed by atoms with E-state index in [1.54, 1.807) is 0 Å². The summed E-state index contributed by atoms with van der Waals surface area (Å²) < 4.78 is 5.65. The third kappa shape index (κ3) is 5.09. The van der Waals surface area contributed by atoms with Crippen molar-refractivity contribution < 1.29 is 9.53 Å². The van der Waals surface area contributed by atoms with Crippen LogP contribution in [0.1, 0.15) is 40.0 Å². The number of nitrogens with one attached hydrogen (secondary N) is 1. The predicted octanol–water partition coefficient (Wildman–Crippen LogP) is 0.731. The minimum absolute atomic E-state index is 0.263. The molecule has 5 heteroatoms.